The van der Waals surface area contributed by atoms with Gasteiger partial charge in [-0.2, -0.15) is 0 Å². The summed E-state index contributed by atoms with van der Waals surface area (Å²) in [5, 5.41) is 21.5. The molecule has 1 aliphatic heterocycles. The highest BCUT2D eigenvalue weighted by atomic mass is 19.1. The van der Waals surface area contributed by atoms with Gasteiger partial charge in [0.15, 0.2) is 17.3 Å². The minimum absolute atomic E-state index is 0.208. The molecule has 3 aromatic rings. The van der Waals surface area contributed by atoms with Crippen molar-refractivity contribution in [1.29, 1.82) is 0 Å². The third-order valence-corrected chi connectivity index (χ3v) is 6.40. The van der Waals surface area contributed by atoms with Crippen LogP contribution in [0.25, 0.3) is 16.7 Å². The van der Waals surface area contributed by atoms with Gasteiger partial charge in [-0.15, -0.1) is 0 Å². The maximum Gasteiger partial charge on any atom is 0.341 e. The number of hydrogen-bond acceptors (Lipinski definition) is 7. The van der Waals surface area contributed by atoms with Crippen molar-refractivity contribution in [3.63, 3.8) is 0 Å². The Bertz CT molecular complexity index is 1450. The predicted octanol–water partition coefficient (Wildman–Crippen LogP) is 2.21. The van der Waals surface area contributed by atoms with Crippen LogP contribution >= 0.6 is 0 Å². The number of nitrogens with two attached hydrogens (primary N) is 1. The topological polar surface area (TPSA) is 151 Å². The number of anilines is 1. The summed E-state index contributed by atoms with van der Waals surface area (Å²) in [5.41, 5.74) is 3.48. The van der Waals surface area contributed by atoms with E-state index in [1.807, 2.05) is 0 Å². The van der Waals surface area contributed by atoms with Crippen LogP contribution in [0.15, 0.2) is 35.3 Å². The summed E-state index contributed by atoms with van der Waals surface area (Å²) in [7, 11) is 0. The van der Waals surface area contributed by atoms with Crippen molar-refractivity contribution in [3.8, 4) is 5.69 Å². The molecular formula is C24H24F3N5O5. The van der Waals surface area contributed by atoms with Gasteiger partial charge in [0.25, 0.3) is 0 Å². The number of nitrogens with one attached hydrogen (secondary N) is 1. The molecule has 37 heavy (non-hydrogen) atoms. The minimum Gasteiger partial charge on any atom is -0.480 e. The summed E-state index contributed by atoms with van der Waals surface area (Å²) in [6.45, 7) is 2.08. The first-order valence-electron chi connectivity index (χ1n) is 11.5. The molecule has 0 aliphatic carbocycles. The molecule has 5 N–H and O–H groups in total. The molecule has 13 heteroatoms. The number of benzene rings is 1. The molecule has 3 heterocycles. The van der Waals surface area contributed by atoms with Gasteiger partial charge in [0.1, 0.15) is 23.2 Å². The predicted molar refractivity (Wildman–Crippen MR) is 127 cm³/mol. The lowest BCUT2D eigenvalue weighted by Crippen LogP contribution is -2.55. The highest BCUT2D eigenvalue weighted by Gasteiger charge is 2.33. The van der Waals surface area contributed by atoms with Crippen molar-refractivity contribution >= 4 is 28.8 Å². The van der Waals surface area contributed by atoms with Crippen LogP contribution in [0, 0.1) is 17.5 Å². The van der Waals surface area contributed by atoms with E-state index in [0.29, 0.717) is 31.9 Å². The van der Waals surface area contributed by atoms with Gasteiger partial charge in [0, 0.05) is 24.8 Å². The van der Waals surface area contributed by atoms with Crippen LogP contribution in [0.5, 0.6) is 0 Å². The number of pyridine rings is 2. The summed E-state index contributed by atoms with van der Waals surface area (Å²) in [6, 6.07) is 1.58. The number of nitrogens with zero attached hydrogens (tertiary/aromatic N) is 3. The molecule has 3 atom stereocenters. The lowest BCUT2D eigenvalue weighted by molar-refractivity contribution is -0.139. The summed E-state index contributed by atoms with van der Waals surface area (Å²) in [4.78, 5) is 41.7. The average Bonchev–Trinajstić information content (AvgIpc) is 3.30. The van der Waals surface area contributed by atoms with E-state index in [2.05, 4.69) is 10.3 Å². The van der Waals surface area contributed by atoms with Gasteiger partial charge in [0.05, 0.1) is 17.2 Å². The van der Waals surface area contributed by atoms with Crippen molar-refractivity contribution < 1.29 is 33.0 Å². The lowest BCUT2D eigenvalue weighted by Gasteiger charge is -2.32. The van der Waals surface area contributed by atoms with E-state index in [-0.39, 0.29) is 17.2 Å². The first kappa shape index (κ1) is 26.1. The van der Waals surface area contributed by atoms with Gasteiger partial charge in [0.2, 0.25) is 5.43 Å². The monoisotopic (exact) mass is 519 g/mol. The van der Waals surface area contributed by atoms with E-state index in [4.69, 9.17) is 5.73 Å². The van der Waals surface area contributed by atoms with Gasteiger partial charge >= 0.3 is 11.9 Å². The zero-order valence-electron chi connectivity index (χ0n) is 19.6. The summed E-state index contributed by atoms with van der Waals surface area (Å²) < 4.78 is 44.6. The largest absolute Gasteiger partial charge is 0.480 e. The van der Waals surface area contributed by atoms with Crippen LogP contribution in [0.3, 0.4) is 0 Å². The fourth-order valence-electron chi connectivity index (χ4n) is 4.52. The Kier molecular flexibility index (Phi) is 7.18. The maximum absolute atomic E-state index is 15.4. The number of rotatable bonds is 8. The number of carboxylic acid groups (broad SMARTS) is 2. The van der Waals surface area contributed by atoms with Crippen LogP contribution in [0.2, 0.25) is 0 Å². The van der Waals surface area contributed by atoms with Crippen molar-refractivity contribution in [2.45, 2.75) is 44.4 Å². The number of aromatic nitrogens is 2. The molecule has 0 amide bonds. The number of aromatic carboxylic acids is 1. The summed E-state index contributed by atoms with van der Waals surface area (Å²) in [5.74, 6) is -5.87. The Morgan fingerprint density at radius 3 is 2.57 bits per heavy atom. The highest BCUT2D eigenvalue weighted by molar-refractivity contribution is 5.92. The molecule has 0 bridgehead atoms. The summed E-state index contributed by atoms with van der Waals surface area (Å²) in [6.07, 6.45) is 1.81. The van der Waals surface area contributed by atoms with E-state index in [9.17, 15) is 33.4 Å². The second-order valence-corrected chi connectivity index (χ2v) is 8.70. The Labute approximate surface area is 208 Å². The van der Waals surface area contributed by atoms with E-state index in [1.165, 1.54) is 0 Å². The van der Waals surface area contributed by atoms with Crippen molar-refractivity contribution in [3.05, 3.63) is 63.7 Å². The number of halogens is 3. The molecule has 10 nitrogen and oxygen atoms in total. The van der Waals surface area contributed by atoms with Crippen molar-refractivity contribution in [2.24, 2.45) is 5.73 Å². The number of fused-ring (bicyclic) bond motifs is 1. The first-order valence-corrected chi connectivity index (χ1v) is 11.5. The van der Waals surface area contributed by atoms with Gasteiger partial charge < -0.3 is 20.8 Å². The highest BCUT2D eigenvalue weighted by Crippen LogP contribution is 2.29. The maximum atomic E-state index is 15.4. The third-order valence-electron chi connectivity index (χ3n) is 6.40. The quantitative estimate of drug-likeness (QED) is 0.351. The Balaban J connectivity index is 1.88. The van der Waals surface area contributed by atoms with Gasteiger partial charge in [-0.3, -0.25) is 19.5 Å². The number of carboxylic acids is 2. The molecule has 4 rings (SSSR count). The van der Waals surface area contributed by atoms with Gasteiger partial charge in [-0.05, 0) is 37.5 Å². The van der Waals surface area contributed by atoms with Crippen LogP contribution in [-0.2, 0) is 4.79 Å². The molecule has 0 spiro atoms. The Morgan fingerprint density at radius 1 is 1.22 bits per heavy atom. The second kappa shape index (κ2) is 10.2. The number of carbonyl (C=O) groups is 2. The molecule has 1 saturated heterocycles. The van der Waals surface area contributed by atoms with Crippen LogP contribution in [-0.4, -0.2) is 56.5 Å². The first-order chi connectivity index (χ1) is 17.5. The molecule has 0 saturated carbocycles. The minimum atomic E-state index is -1.61. The zero-order valence-corrected chi connectivity index (χ0v) is 19.6. The smallest absolute Gasteiger partial charge is 0.341 e. The molecule has 0 radical (unpaired) electrons. The molecule has 1 aliphatic rings. The van der Waals surface area contributed by atoms with Crippen molar-refractivity contribution in [2.75, 3.05) is 11.4 Å². The standard InChI is InChI=1S/C24H24F3N5O5/c1-2-16(19(28)24(36)37)29-18-4-3-7-31(18)22-15(27)9-12-20(33)13(23(34)35)10-32(21(12)30-22)17-6-5-11(25)8-14(17)26/h5-6,8-10,16,18-19,29H,2-4,7,28H2,1H3,(H,34,35)(H,36,37)/t16?,18?,19-/m0/s1. The number of hydrogen-bond donors (Lipinski definition) is 4. The van der Waals surface area contributed by atoms with Crippen LogP contribution in [0.1, 0.15) is 36.5 Å². The van der Waals surface area contributed by atoms with E-state index < -0.39 is 64.0 Å². The SMILES string of the molecule is CCC(NC1CCCN1c1nc2c(cc1F)c(=O)c(C(=O)O)cn2-c1ccc(F)cc1F)[C@H](N)C(=O)O. The molecule has 2 aromatic heterocycles. The van der Waals surface area contributed by atoms with Gasteiger partial charge in [-0.1, -0.05) is 6.92 Å². The molecular weight excluding hydrogens is 495 g/mol. The molecule has 1 aromatic carbocycles. The van der Waals surface area contributed by atoms with E-state index >= 15 is 4.39 Å². The molecule has 2 unspecified atom stereocenters. The third kappa shape index (κ3) is 4.87. The van der Waals surface area contributed by atoms with E-state index in [1.54, 1.807) is 11.8 Å². The summed E-state index contributed by atoms with van der Waals surface area (Å²) >= 11 is 0. The van der Waals surface area contributed by atoms with Crippen LogP contribution < -0.4 is 21.4 Å². The fourth-order valence-corrected chi connectivity index (χ4v) is 4.52. The fraction of sp³-hybridized carbons (Fsp3) is 0.333. The Hall–Kier alpha value is -3.97. The van der Waals surface area contributed by atoms with Gasteiger partial charge in [-0.25, -0.2) is 22.9 Å². The number of aliphatic carboxylic acids is 1. The van der Waals surface area contributed by atoms with E-state index in [0.717, 1.165) is 29.0 Å². The normalized spacial score (nSPS) is 17.2. The zero-order chi connectivity index (χ0) is 27.0. The van der Waals surface area contributed by atoms with Crippen molar-refractivity contribution in [1.82, 2.24) is 14.9 Å². The molecule has 1 fully saturated rings. The lowest BCUT2D eigenvalue weighted by atomic mass is 10.1. The average molecular weight is 519 g/mol. The Morgan fingerprint density at radius 2 is 1.95 bits per heavy atom. The van der Waals surface area contributed by atoms with Crippen LogP contribution in [0.4, 0.5) is 19.0 Å². The molecule has 196 valence electrons. The second-order valence-electron chi connectivity index (χ2n) is 8.70.